The van der Waals surface area contributed by atoms with E-state index in [-0.39, 0.29) is 0 Å². The summed E-state index contributed by atoms with van der Waals surface area (Å²) in [5.74, 6) is 0.907. The third-order valence-electron chi connectivity index (χ3n) is 2.46. The molecule has 0 saturated heterocycles. The van der Waals surface area contributed by atoms with Gasteiger partial charge >= 0.3 is 0 Å². The molecule has 0 atom stereocenters. The number of aromatic amines is 1. The van der Waals surface area contributed by atoms with Crippen LogP contribution >= 0.6 is 0 Å². The number of rotatable bonds is 2. The number of benzene rings is 2. The smallest absolute Gasteiger partial charge is 0.176 e. The van der Waals surface area contributed by atoms with Gasteiger partial charge in [0.1, 0.15) is 0 Å². The van der Waals surface area contributed by atoms with Crippen LogP contribution in [0.15, 0.2) is 60.7 Å². The summed E-state index contributed by atoms with van der Waals surface area (Å²) in [6.45, 7) is 0. The Morgan fingerprint density at radius 1 is 0.812 bits per heavy atom. The molecule has 0 aliphatic heterocycles. The number of H-pyrrole nitrogens is 1. The van der Waals surface area contributed by atoms with E-state index in [0.717, 1.165) is 17.1 Å². The first kappa shape index (κ1) is 8.97. The van der Waals surface area contributed by atoms with Crippen LogP contribution in [-0.2, 0) is 0 Å². The number of hydrogen-bond donors (Lipinski definition) is 1. The Morgan fingerprint density at radius 3 is 2.00 bits per heavy atom. The molecule has 0 fully saturated rings. The number of hydrogen-bond acceptors (Lipinski definition) is 1. The normalized spacial score (nSPS) is 10.5. The maximum atomic E-state index is 4.40. The highest BCUT2D eigenvalue weighted by Gasteiger charge is 2.06. The van der Waals surface area contributed by atoms with Gasteiger partial charge in [-0.3, -0.25) is 5.10 Å². The summed E-state index contributed by atoms with van der Waals surface area (Å²) in [6, 6.07) is 20.1. The Bertz CT molecular complexity index is 502. The predicted octanol–water partition coefficient (Wildman–Crippen LogP) is 2.87. The van der Waals surface area contributed by atoms with E-state index in [1.807, 2.05) is 60.7 Å². The minimum Gasteiger partial charge on any atom is -0.259 e. The predicted molar refractivity (Wildman–Crippen MR) is 63.4 cm³/mol. The molecule has 3 heteroatoms. The summed E-state index contributed by atoms with van der Waals surface area (Å²) in [4.78, 5) is 1.77. The minimum atomic E-state index is 0.907. The van der Waals surface area contributed by atoms with Crippen LogP contribution < -0.4 is 0 Å². The van der Waals surface area contributed by atoms with E-state index < -0.39 is 0 Å². The third kappa shape index (κ3) is 1.52. The van der Waals surface area contributed by atoms with Crippen LogP contribution in [0, 0.1) is 0 Å². The van der Waals surface area contributed by atoms with Crippen molar-refractivity contribution in [3.05, 3.63) is 60.7 Å². The van der Waals surface area contributed by atoms with Gasteiger partial charge in [-0.05, 0) is 12.1 Å². The maximum absolute atomic E-state index is 4.40. The molecular formula is C13H11N3. The Hall–Kier alpha value is -2.29. The highest BCUT2D eigenvalue weighted by Crippen LogP contribution is 2.16. The largest absolute Gasteiger partial charge is 0.259 e. The zero-order valence-electron chi connectivity index (χ0n) is 8.67. The fourth-order valence-electron chi connectivity index (χ4n) is 1.61. The second-order valence-electron chi connectivity index (χ2n) is 3.57. The van der Waals surface area contributed by atoms with Crippen molar-refractivity contribution in [3.63, 3.8) is 0 Å². The fourth-order valence-corrected chi connectivity index (χ4v) is 1.61. The van der Waals surface area contributed by atoms with Gasteiger partial charge in [-0.1, -0.05) is 48.5 Å². The van der Waals surface area contributed by atoms with E-state index in [1.165, 1.54) is 0 Å². The van der Waals surface area contributed by atoms with Gasteiger partial charge in [0, 0.05) is 5.56 Å². The molecular weight excluding hydrogens is 198 g/mol. The molecule has 0 unspecified atom stereocenters. The molecule has 78 valence electrons. The molecule has 0 radical (unpaired) electrons. The quantitative estimate of drug-likeness (QED) is 0.691. The van der Waals surface area contributed by atoms with Crippen molar-refractivity contribution >= 4 is 0 Å². The Balaban J connectivity index is 1.89. The van der Waals surface area contributed by atoms with Gasteiger partial charge in [0.25, 0.3) is 0 Å². The molecule has 16 heavy (non-hydrogen) atoms. The number of para-hydroxylation sites is 1. The lowest BCUT2D eigenvalue weighted by atomic mass is 10.2. The molecule has 3 rings (SSSR count). The van der Waals surface area contributed by atoms with Gasteiger partial charge in [0.05, 0.1) is 5.69 Å². The fraction of sp³-hybridized carbons (Fsp3) is 0. The summed E-state index contributed by atoms with van der Waals surface area (Å²) in [6.07, 6.45) is 0. The first-order valence-corrected chi connectivity index (χ1v) is 5.19. The van der Waals surface area contributed by atoms with E-state index in [9.17, 15) is 0 Å². The monoisotopic (exact) mass is 209 g/mol. The van der Waals surface area contributed by atoms with Gasteiger partial charge in [-0.25, -0.2) is 0 Å². The SMILES string of the molecule is c1ccc(-c2nn(-c3ccccc3)[nH]2)cc1. The summed E-state index contributed by atoms with van der Waals surface area (Å²) in [5.41, 5.74) is 2.15. The van der Waals surface area contributed by atoms with Crippen molar-refractivity contribution < 1.29 is 0 Å². The highest BCUT2D eigenvalue weighted by molar-refractivity contribution is 5.54. The lowest BCUT2D eigenvalue weighted by Crippen LogP contribution is -2.14. The zero-order valence-corrected chi connectivity index (χ0v) is 8.67. The molecule has 0 amide bonds. The molecule has 0 bridgehead atoms. The Morgan fingerprint density at radius 2 is 1.38 bits per heavy atom. The lowest BCUT2D eigenvalue weighted by molar-refractivity contribution is 0.634. The highest BCUT2D eigenvalue weighted by atomic mass is 15.5. The van der Waals surface area contributed by atoms with E-state index >= 15 is 0 Å². The molecule has 1 aromatic heterocycles. The van der Waals surface area contributed by atoms with Gasteiger partial charge in [-0.2, -0.15) is 4.80 Å². The molecule has 3 aromatic rings. The van der Waals surface area contributed by atoms with Gasteiger partial charge in [0.15, 0.2) is 5.82 Å². The van der Waals surface area contributed by atoms with Crippen molar-refractivity contribution in [1.82, 2.24) is 15.0 Å². The van der Waals surface area contributed by atoms with E-state index in [2.05, 4.69) is 10.2 Å². The Labute approximate surface area is 93.3 Å². The molecule has 0 saturated carbocycles. The van der Waals surface area contributed by atoms with Crippen LogP contribution in [-0.4, -0.2) is 15.0 Å². The van der Waals surface area contributed by atoms with Gasteiger partial charge in [0.2, 0.25) is 0 Å². The van der Waals surface area contributed by atoms with Crippen LogP contribution in [0.4, 0.5) is 0 Å². The second-order valence-corrected chi connectivity index (χ2v) is 3.57. The molecule has 3 nitrogen and oxygen atoms in total. The van der Waals surface area contributed by atoms with Crippen molar-refractivity contribution in [2.45, 2.75) is 0 Å². The van der Waals surface area contributed by atoms with E-state index in [4.69, 9.17) is 0 Å². The number of aromatic nitrogens is 3. The third-order valence-corrected chi connectivity index (χ3v) is 2.46. The molecule has 2 aromatic carbocycles. The standard InChI is InChI=1S/C13H11N3/c1-3-7-11(8-4-1)13-14-16(15-13)12-9-5-2-6-10-12/h1-10H,(H,14,15). The van der Waals surface area contributed by atoms with Crippen LogP contribution in [0.3, 0.4) is 0 Å². The van der Waals surface area contributed by atoms with E-state index in [0.29, 0.717) is 0 Å². The number of nitrogens with one attached hydrogen (secondary N) is 1. The molecule has 1 heterocycles. The van der Waals surface area contributed by atoms with Crippen LogP contribution in [0.2, 0.25) is 0 Å². The van der Waals surface area contributed by atoms with Crippen LogP contribution in [0.1, 0.15) is 0 Å². The second kappa shape index (κ2) is 3.70. The van der Waals surface area contributed by atoms with E-state index in [1.54, 1.807) is 4.80 Å². The first-order chi connectivity index (χ1) is 7.93. The van der Waals surface area contributed by atoms with Gasteiger partial charge in [-0.15, -0.1) is 5.10 Å². The lowest BCUT2D eigenvalue weighted by Gasteiger charge is -2.13. The topological polar surface area (TPSA) is 33.6 Å². The first-order valence-electron chi connectivity index (χ1n) is 5.19. The Kier molecular flexibility index (Phi) is 2.07. The zero-order chi connectivity index (χ0) is 10.8. The summed E-state index contributed by atoms with van der Waals surface area (Å²) < 4.78 is 0. The van der Waals surface area contributed by atoms with Crippen molar-refractivity contribution in [2.24, 2.45) is 0 Å². The summed E-state index contributed by atoms with van der Waals surface area (Å²) >= 11 is 0. The van der Waals surface area contributed by atoms with Crippen LogP contribution in [0.5, 0.6) is 0 Å². The average Bonchev–Trinajstić information content (AvgIpc) is 2.30. The van der Waals surface area contributed by atoms with Crippen molar-refractivity contribution in [2.75, 3.05) is 0 Å². The van der Waals surface area contributed by atoms with Gasteiger partial charge < -0.3 is 0 Å². The van der Waals surface area contributed by atoms with Crippen molar-refractivity contribution in [1.29, 1.82) is 0 Å². The summed E-state index contributed by atoms with van der Waals surface area (Å²) in [5, 5.41) is 7.60. The van der Waals surface area contributed by atoms with Crippen LogP contribution in [0.25, 0.3) is 17.1 Å². The molecule has 0 spiro atoms. The minimum absolute atomic E-state index is 0.907. The van der Waals surface area contributed by atoms with Crippen molar-refractivity contribution in [3.8, 4) is 17.1 Å². The molecule has 1 N–H and O–H groups in total. The molecule has 0 aliphatic rings. The maximum Gasteiger partial charge on any atom is 0.176 e. The summed E-state index contributed by atoms with van der Waals surface area (Å²) in [7, 11) is 0. The average molecular weight is 209 g/mol. The molecule has 0 aliphatic carbocycles. The number of nitrogens with zero attached hydrogens (tertiary/aromatic N) is 2.